The van der Waals surface area contributed by atoms with E-state index in [1.54, 1.807) is 0 Å². The van der Waals surface area contributed by atoms with Crippen molar-refractivity contribution in [1.82, 2.24) is 4.90 Å². The van der Waals surface area contributed by atoms with Crippen molar-refractivity contribution < 1.29 is 9.90 Å². The summed E-state index contributed by atoms with van der Waals surface area (Å²) in [5, 5.41) is 11.8. The van der Waals surface area contributed by atoms with E-state index in [9.17, 15) is 4.79 Å². The summed E-state index contributed by atoms with van der Waals surface area (Å²) in [6, 6.07) is 5.65. The summed E-state index contributed by atoms with van der Waals surface area (Å²) in [7, 11) is 0. The van der Waals surface area contributed by atoms with Crippen molar-refractivity contribution in [3.05, 3.63) is 29.3 Å². The van der Waals surface area contributed by atoms with Crippen LogP contribution in [0.15, 0.2) is 18.2 Å². The Kier molecular flexibility index (Phi) is 5.24. The van der Waals surface area contributed by atoms with E-state index in [1.165, 1.54) is 0 Å². The monoisotopic (exact) mass is 286 g/mol. The number of aliphatic hydroxyl groups excluding tert-OH is 1. The van der Waals surface area contributed by atoms with Crippen LogP contribution < -0.4 is 5.32 Å². The van der Waals surface area contributed by atoms with Gasteiger partial charge in [0.25, 0.3) is 0 Å². The summed E-state index contributed by atoms with van der Waals surface area (Å²) in [6.07, 6.45) is 2.11. The topological polar surface area (TPSA) is 52.6 Å². The van der Waals surface area contributed by atoms with Gasteiger partial charge in [-0.3, -0.25) is 0 Å². The summed E-state index contributed by atoms with van der Waals surface area (Å²) in [5.41, 5.74) is 2.51. The molecule has 0 radical (unpaired) electrons. The highest BCUT2D eigenvalue weighted by Crippen LogP contribution is 2.20. The van der Waals surface area contributed by atoms with E-state index in [4.69, 9.17) is 5.11 Å². The van der Waals surface area contributed by atoms with E-state index in [0.717, 1.165) is 37.1 Å². The first kappa shape index (κ1) is 15.4. The number of nitrogens with zero attached hydrogens (tertiary/aromatic N) is 1. The fourth-order valence-corrected chi connectivity index (χ4v) is 2.41. The predicted molar refractivity (Wildman–Crippen MR) is 84.1 cm³/mol. The zero-order valence-electron chi connectivity index (χ0n) is 12.6. The molecule has 1 saturated heterocycles. The maximum Gasteiger partial charge on any atom is 0.321 e. The van der Waals surface area contributed by atoms with Gasteiger partial charge in [0, 0.05) is 18.7 Å². The highest BCUT2D eigenvalue weighted by atomic mass is 16.2. The lowest BCUT2D eigenvalue weighted by atomic mass is 10.00. The molecule has 0 spiro atoms. The number of hydrogen-bond acceptors (Lipinski definition) is 2. The van der Waals surface area contributed by atoms with Gasteiger partial charge in [0.15, 0.2) is 0 Å². The molecule has 1 aromatic rings. The van der Waals surface area contributed by atoms with Crippen molar-refractivity contribution in [3.8, 4) is 11.8 Å². The SMILES string of the molecule is Cc1ccc(NC(=O)N2CCC(C)CC2)c(C#CCO)c1. The Balaban J connectivity index is 2.10. The van der Waals surface area contributed by atoms with Gasteiger partial charge >= 0.3 is 6.03 Å². The average molecular weight is 286 g/mol. The molecule has 0 unspecified atom stereocenters. The van der Waals surface area contributed by atoms with Crippen LogP contribution in [0.25, 0.3) is 0 Å². The molecule has 0 bridgehead atoms. The van der Waals surface area contributed by atoms with Crippen LogP contribution in [-0.4, -0.2) is 35.7 Å². The Labute approximate surface area is 126 Å². The van der Waals surface area contributed by atoms with E-state index < -0.39 is 0 Å². The summed E-state index contributed by atoms with van der Waals surface area (Å²) in [5.74, 6) is 6.21. The van der Waals surface area contributed by atoms with Gasteiger partial charge in [0.05, 0.1) is 5.69 Å². The van der Waals surface area contributed by atoms with Crippen LogP contribution in [0.4, 0.5) is 10.5 Å². The number of aryl methyl sites for hydroxylation is 1. The van der Waals surface area contributed by atoms with Gasteiger partial charge < -0.3 is 15.3 Å². The number of nitrogens with one attached hydrogen (secondary N) is 1. The van der Waals surface area contributed by atoms with E-state index in [-0.39, 0.29) is 12.6 Å². The Morgan fingerprint density at radius 1 is 1.43 bits per heavy atom. The van der Waals surface area contributed by atoms with Crippen LogP contribution in [0.3, 0.4) is 0 Å². The zero-order chi connectivity index (χ0) is 15.2. The Morgan fingerprint density at radius 3 is 2.81 bits per heavy atom. The standard InChI is InChI=1S/C17H22N2O2/c1-13-7-9-19(10-8-13)17(21)18-16-6-5-14(2)12-15(16)4-3-11-20/h5-6,12-13,20H,7-11H2,1-2H3,(H,18,21). The number of carbonyl (C=O) groups excluding carboxylic acids is 1. The lowest BCUT2D eigenvalue weighted by Gasteiger charge is -2.30. The van der Waals surface area contributed by atoms with Crippen molar-refractivity contribution in [2.24, 2.45) is 5.92 Å². The predicted octanol–water partition coefficient (Wildman–Crippen LogP) is 2.60. The van der Waals surface area contributed by atoms with Crippen molar-refractivity contribution in [2.45, 2.75) is 26.7 Å². The van der Waals surface area contributed by atoms with Crippen molar-refractivity contribution >= 4 is 11.7 Å². The minimum absolute atomic E-state index is 0.0715. The molecule has 2 rings (SSSR count). The largest absolute Gasteiger partial charge is 0.384 e. The number of likely N-dealkylation sites (tertiary alicyclic amines) is 1. The number of rotatable bonds is 1. The number of amides is 2. The molecule has 4 heteroatoms. The molecule has 1 fully saturated rings. The number of piperidine rings is 1. The molecule has 2 amide bonds. The van der Waals surface area contributed by atoms with Crippen LogP contribution in [0.1, 0.15) is 30.9 Å². The van der Waals surface area contributed by atoms with Gasteiger partial charge in [-0.05, 0) is 43.4 Å². The molecule has 1 aliphatic heterocycles. The highest BCUT2D eigenvalue weighted by Gasteiger charge is 2.20. The Morgan fingerprint density at radius 2 is 2.14 bits per heavy atom. The minimum atomic E-state index is -0.189. The summed E-state index contributed by atoms with van der Waals surface area (Å²) in [6.45, 7) is 5.61. The molecule has 0 atom stereocenters. The molecule has 21 heavy (non-hydrogen) atoms. The first-order valence-electron chi connectivity index (χ1n) is 7.36. The van der Waals surface area contributed by atoms with Gasteiger partial charge in [-0.15, -0.1) is 0 Å². The lowest BCUT2D eigenvalue weighted by Crippen LogP contribution is -2.40. The minimum Gasteiger partial charge on any atom is -0.384 e. The number of aliphatic hydroxyl groups is 1. The number of hydrogen-bond donors (Lipinski definition) is 2. The maximum absolute atomic E-state index is 12.3. The fourth-order valence-electron chi connectivity index (χ4n) is 2.41. The third-order valence-corrected chi connectivity index (χ3v) is 3.79. The normalized spacial score (nSPS) is 15.3. The molecule has 2 N–H and O–H groups in total. The molecule has 4 nitrogen and oxygen atoms in total. The summed E-state index contributed by atoms with van der Waals surface area (Å²) >= 11 is 0. The second kappa shape index (κ2) is 7.14. The Hall–Kier alpha value is -1.99. The summed E-state index contributed by atoms with van der Waals surface area (Å²) < 4.78 is 0. The highest BCUT2D eigenvalue weighted by molar-refractivity contribution is 5.91. The fraction of sp³-hybridized carbons (Fsp3) is 0.471. The van der Waals surface area contributed by atoms with Crippen LogP contribution >= 0.6 is 0 Å². The van der Waals surface area contributed by atoms with E-state index in [0.29, 0.717) is 11.6 Å². The van der Waals surface area contributed by atoms with Crippen molar-refractivity contribution in [2.75, 3.05) is 25.0 Å². The number of carbonyl (C=O) groups is 1. The molecule has 0 aliphatic carbocycles. The van der Waals surface area contributed by atoms with Crippen LogP contribution in [-0.2, 0) is 0 Å². The first-order chi connectivity index (χ1) is 10.1. The average Bonchev–Trinajstić information content (AvgIpc) is 2.48. The number of urea groups is 1. The van der Waals surface area contributed by atoms with Crippen LogP contribution in [0.2, 0.25) is 0 Å². The second-order valence-electron chi connectivity index (χ2n) is 5.61. The van der Waals surface area contributed by atoms with E-state index in [1.807, 2.05) is 30.0 Å². The molecule has 1 heterocycles. The third kappa shape index (κ3) is 4.24. The third-order valence-electron chi connectivity index (χ3n) is 3.79. The molecule has 1 aliphatic rings. The molecule has 1 aromatic carbocycles. The number of anilines is 1. The van der Waals surface area contributed by atoms with Gasteiger partial charge in [-0.1, -0.05) is 24.8 Å². The second-order valence-corrected chi connectivity index (χ2v) is 5.61. The zero-order valence-corrected chi connectivity index (χ0v) is 12.6. The molecule has 0 saturated carbocycles. The van der Waals surface area contributed by atoms with E-state index in [2.05, 4.69) is 24.1 Å². The smallest absolute Gasteiger partial charge is 0.321 e. The Bertz CT molecular complexity index is 564. The number of benzene rings is 1. The lowest BCUT2D eigenvalue weighted by molar-refractivity contribution is 0.186. The first-order valence-corrected chi connectivity index (χ1v) is 7.36. The van der Waals surface area contributed by atoms with Crippen molar-refractivity contribution in [1.29, 1.82) is 0 Å². The summed E-state index contributed by atoms with van der Waals surface area (Å²) in [4.78, 5) is 14.2. The molecule has 112 valence electrons. The van der Waals surface area contributed by atoms with Gasteiger partial charge in [-0.2, -0.15) is 0 Å². The quantitative estimate of drug-likeness (QED) is 0.780. The van der Waals surface area contributed by atoms with E-state index >= 15 is 0 Å². The van der Waals surface area contributed by atoms with Crippen molar-refractivity contribution in [3.63, 3.8) is 0 Å². The maximum atomic E-state index is 12.3. The molecular formula is C17H22N2O2. The van der Waals surface area contributed by atoms with Crippen LogP contribution in [0.5, 0.6) is 0 Å². The van der Waals surface area contributed by atoms with Gasteiger partial charge in [0.2, 0.25) is 0 Å². The van der Waals surface area contributed by atoms with Gasteiger partial charge in [-0.25, -0.2) is 4.79 Å². The molecule has 0 aromatic heterocycles. The molecular weight excluding hydrogens is 264 g/mol. The van der Waals surface area contributed by atoms with Gasteiger partial charge in [0.1, 0.15) is 6.61 Å². The van der Waals surface area contributed by atoms with Crippen LogP contribution in [0, 0.1) is 24.7 Å².